The van der Waals surface area contributed by atoms with Crippen molar-refractivity contribution < 1.29 is 18.7 Å². The Labute approximate surface area is 180 Å². The van der Waals surface area contributed by atoms with Gasteiger partial charge in [-0.3, -0.25) is 9.36 Å². The van der Waals surface area contributed by atoms with Gasteiger partial charge in [-0.15, -0.1) is 0 Å². The van der Waals surface area contributed by atoms with E-state index in [0.717, 1.165) is 0 Å². The van der Waals surface area contributed by atoms with Gasteiger partial charge in [0.2, 0.25) is 0 Å². The molecule has 7 nitrogen and oxygen atoms in total. The number of ether oxygens (including phenoxy) is 2. The number of allylic oxidation sites excluding steroid dienone is 1. The van der Waals surface area contributed by atoms with E-state index in [-0.39, 0.29) is 11.1 Å². The van der Waals surface area contributed by atoms with Crippen LogP contribution in [0.1, 0.15) is 24.3 Å². The molecule has 0 saturated heterocycles. The van der Waals surface area contributed by atoms with Crippen molar-refractivity contribution in [2.75, 3.05) is 14.2 Å². The molecular weight excluding hydrogens is 428 g/mol. The summed E-state index contributed by atoms with van der Waals surface area (Å²) >= 11 is 7.45. The number of methoxy groups -OCH3 is 2. The molecule has 1 atom stereocenters. The van der Waals surface area contributed by atoms with Gasteiger partial charge < -0.3 is 13.9 Å². The van der Waals surface area contributed by atoms with Gasteiger partial charge in [-0.2, -0.15) is 0 Å². The molecule has 154 valence electrons. The van der Waals surface area contributed by atoms with Gasteiger partial charge in [-0.1, -0.05) is 22.9 Å². The van der Waals surface area contributed by atoms with Gasteiger partial charge in [0.1, 0.15) is 17.6 Å². The minimum Gasteiger partial charge on any atom is -0.496 e. The number of hydrogen-bond acceptors (Lipinski definition) is 7. The molecule has 30 heavy (non-hydrogen) atoms. The van der Waals surface area contributed by atoms with Crippen molar-refractivity contribution in [2.24, 2.45) is 4.99 Å². The smallest absolute Gasteiger partial charge is 0.338 e. The van der Waals surface area contributed by atoms with Crippen LogP contribution in [0.5, 0.6) is 5.75 Å². The number of furan rings is 1. The molecular formula is C21H17ClN2O5S. The summed E-state index contributed by atoms with van der Waals surface area (Å²) in [6.07, 6.45) is 3.18. The predicted molar refractivity (Wildman–Crippen MR) is 112 cm³/mol. The van der Waals surface area contributed by atoms with Gasteiger partial charge in [0.15, 0.2) is 4.80 Å². The van der Waals surface area contributed by atoms with Gasteiger partial charge in [-0.25, -0.2) is 9.79 Å². The Hall–Kier alpha value is -3.10. The van der Waals surface area contributed by atoms with Gasteiger partial charge in [0.05, 0.1) is 36.3 Å². The summed E-state index contributed by atoms with van der Waals surface area (Å²) < 4.78 is 17.7. The number of esters is 1. The van der Waals surface area contributed by atoms with Crippen molar-refractivity contribution in [3.05, 3.63) is 83.9 Å². The topological polar surface area (TPSA) is 83.0 Å². The number of thiazole rings is 1. The van der Waals surface area contributed by atoms with Crippen LogP contribution in [0.15, 0.2) is 62.1 Å². The van der Waals surface area contributed by atoms with Crippen LogP contribution < -0.4 is 19.6 Å². The first kappa shape index (κ1) is 20.2. The van der Waals surface area contributed by atoms with Crippen LogP contribution in [0, 0.1) is 0 Å². The monoisotopic (exact) mass is 444 g/mol. The SMILES string of the molecule is COC(=O)C1=C(C)N=c2s/c(=C\c3ccco3)c(=O)n2C1c1cc(Cl)ccc1OC. The third-order valence-corrected chi connectivity index (χ3v) is 5.95. The Balaban J connectivity index is 2.05. The first-order valence-electron chi connectivity index (χ1n) is 8.92. The maximum atomic E-state index is 13.4. The van der Waals surface area contributed by atoms with Crippen molar-refractivity contribution >= 4 is 35.0 Å². The Morgan fingerprint density at radius 1 is 1.33 bits per heavy atom. The lowest BCUT2D eigenvalue weighted by atomic mass is 9.95. The first-order valence-corrected chi connectivity index (χ1v) is 10.1. The van der Waals surface area contributed by atoms with Crippen LogP contribution in [0.4, 0.5) is 0 Å². The molecule has 0 bridgehead atoms. The molecule has 2 aromatic heterocycles. The number of hydrogen-bond donors (Lipinski definition) is 0. The van der Waals surface area contributed by atoms with Crippen molar-refractivity contribution in [3.63, 3.8) is 0 Å². The summed E-state index contributed by atoms with van der Waals surface area (Å²) in [5, 5.41) is 0.447. The number of aromatic nitrogens is 1. The van der Waals surface area contributed by atoms with E-state index < -0.39 is 12.0 Å². The highest BCUT2D eigenvalue weighted by molar-refractivity contribution is 7.07. The fourth-order valence-corrected chi connectivity index (χ4v) is 4.62. The van der Waals surface area contributed by atoms with E-state index in [0.29, 0.717) is 37.1 Å². The van der Waals surface area contributed by atoms with Crippen molar-refractivity contribution in [3.8, 4) is 5.75 Å². The lowest BCUT2D eigenvalue weighted by molar-refractivity contribution is -0.136. The Morgan fingerprint density at radius 3 is 2.80 bits per heavy atom. The fraction of sp³-hybridized carbons (Fsp3) is 0.190. The predicted octanol–water partition coefficient (Wildman–Crippen LogP) is 2.66. The average Bonchev–Trinajstić information content (AvgIpc) is 3.35. The van der Waals surface area contributed by atoms with Crippen LogP contribution in [-0.2, 0) is 9.53 Å². The van der Waals surface area contributed by atoms with Crippen LogP contribution in [0.25, 0.3) is 6.08 Å². The van der Waals surface area contributed by atoms with Crippen LogP contribution in [-0.4, -0.2) is 24.8 Å². The molecule has 4 rings (SSSR count). The molecule has 1 unspecified atom stereocenters. The molecule has 1 aromatic carbocycles. The molecule has 1 aliphatic rings. The minimum absolute atomic E-state index is 0.245. The minimum atomic E-state index is -0.805. The summed E-state index contributed by atoms with van der Waals surface area (Å²) in [6, 6.07) is 7.74. The third kappa shape index (κ3) is 3.38. The number of fused-ring (bicyclic) bond motifs is 1. The fourth-order valence-electron chi connectivity index (χ4n) is 3.41. The summed E-state index contributed by atoms with van der Waals surface area (Å²) in [5.41, 5.74) is 0.955. The molecule has 0 saturated carbocycles. The van der Waals surface area contributed by atoms with Crippen LogP contribution >= 0.6 is 22.9 Å². The normalized spacial score (nSPS) is 16.3. The molecule has 0 spiro atoms. The highest BCUT2D eigenvalue weighted by Crippen LogP contribution is 2.37. The van der Waals surface area contributed by atoms with Crippen molar-refractivity contribution in [1.29, 1.82) is 0 Å². The second kappa shape index (κ2) is 7.97. The zero-order chi connectivity index (χ0) is 21.4. The van der Waals surface area contributed by atoms with Crippen LogP contribution in [0.3, 0.4) is 0 Å². The summed E-state index contributed by atoms with van der Waals surface area (Å²) in [5.74, 6) is 0.450. The van der Waals surface area contributed by atoms with Gasteiger partial charge in [0, 0.05) is 16.7 Å². The standard InChI is InChI=1S/C21H17ClN2O5S/c1-11-17(20(26)28-3)18(14-9-12(22)6-7-15(14)27-2)24-19(25)16(30-21(24)23-11)10-13-5-4-8-29-13/h4-10,18H,1-3H3/b16-10-. The van der Waals surface area contributed by atoms with E-state index in [1.807, 2.05) is 0 Å². The molecule has 3 aromatic rings. The van der Waals surface area contributed by atoms with Crippen LogP contribution in [0.2, 0.25) is 5.02 Å². The summed E-state index contributed by atoms with van der Waals surface area (Å²) in [7, 11) is 2.80. The largest absolute Gasteiger partial charge is 0.496 e. The number of nitrogens with zero attached hydrogens (tertiary/aromatic N) is 2. The highest BCUT2D eigenvalue weighted by Gasteiger charge is 2.35. The maximum Gasteiger partial charge on any atom is 0.338 e. The van der Waals surface area contributed by atoms with Crippen molar-refractivity contribution in [2.45, 2.75) is 13.0 Å². The highest BCUT2D eigenvalue weighted by atomic mass is 35.5. The molecule has 0 aliphatic carbocycles. The van der Waals surface area contributed by atoms with E-state index in [2.05, 4.69) is 4.99 Å². The molecule has 3 heterocycles. The Morgan fingerprint density at radius 2 is 2.13 bits per heavy atom. The third-order valence-electron chi connectivity index (χ3n) is 4.73. The Kier molecular flexibility index (Phi) is 5.36. The van der Waals surface area contributed by atoms with E-state index >= 15 is 0 Å². The first-order chi connectivity index (χ1) is 14.4. The number of halogens is 1. The molecule has 9 heteroatoms. The number of carbonyl (C=O) groups is 1. The number of benzene rings is 1. The van der Waals surface area contributed by atoms with E-state index in [1.54, 1.807) is 43.3 Å². The van der Waals surface area contributed by atoms with Gasteiger partial charge >= 0.3 is 5.97 Å². The molecule has 0 amide bonds. The zero-order valence-electron chi connectivity index (χ0n) is 16.3. The number of carbonyl (C=O) groups excluding carboxylic acids is 1. The Bertz CT molecular complexity index is 1330. The number of rotatable bonds is 4. The molecule has 0 fully saturated rings. The van der Waals surface area contributed by atoms with E-state index in [9.17, 15) is 9.59 Å². The summed E-state index contributed by atoms with van der Waals surface area (Å²) in [4.78, 5) is 31.0. The molecule has 0 N–H and O–H groups in total. The lowest BCUT2D eigenvalue weighted by Crippen LogP contribution is -2.40. The maximum absolute atomic E-state index is 13.4. The van der Waals surface area contributed by atoms with Gasteiger partial charge in [0.25, 0.3) is 5.56 Å². The average molecular weight is 445 g/mol. The van der Waals surface area contributed by atoms with Crippen molar-refractivity contribution in [1.82, 2.24) is 4.57 Å². The quantitative estimate of drug-likeness (QED) is 0.578. The molecule has 0 radical (unpaired) electrons. The van der Waals surface area contributed by atoms with E-state index in [1.165, 1.54) is 36.4 Å². The van der Waals surface area contributed by atoms with Gasteiger partial charge in [-0.05, 0) is 37.3 Å². The summed E-state index contributed by atoms with van der Waals surface area (Å²) in [6.45, 7) is 1.71. The molecule has 1 aliphatic heterocycles. The lowest BCUT2D eigenvalue weighted by Gasteiger charge is -2.25. The zero-order valence-corrected chi connectivity index (χ0v) is 17.9. The van der Waals surface area contributed by atoms with E-state index in [4.69, 9.17) is 25.5 Å². The second-order valence-corrected chi connectivity index (χ2v) is 7.92. The second-order valence-electron chi connectivity index (χ2n) is 6.48.